The molecule has 0 saturated heterocycles. The molecule has 3 heterocycles. The number of ether oxygens (including phenoxy) is 3. The summed E-state index contributed by atoms with van der Waals surface area (Å²) in [4.78, 5) is 32.6. The zero-order valence-corrected chi connectivity index (χ0v) is 20.4. The number of fused-ring (bicyclic) bond motifs is 1. The van der Waals surface area contributed by atoms with Gasteiger partial charge in [0.2, 0.25) is 0 Å². The summed E-state index contributed by atoms with van der Waals surface area (Å²) in [6.07, 6.45) is 1.86. The van der Waals surface area contributed by atoms with E-state index in [1.807, 2.05) is 36.6 Å². The van der Waals surface area contributed by atoms with Crippen LogP contribution < -0.4 is 24.4 Å². The molecule has 1 atom stereocenters. The highest BCUT2D eigenvalue weighted by Gasteiger charge is 2.33. The number of hydrogen-bond acceptors (Lipinski definition) is 8. The fourth-order valence-electron chi connectivity index (χ4n) is 3.74. The van der Waals surface area contributed by atoms with Gasteiger partial charge in [0, 0.05) is 4.88 Å². The number of carbonyl (C=O) groups is 1. The number of methoxy groups -OCH3 is 1. The Labute approximate surface area is 198 Å². The fraction of sp³-hybridized carbons (Fsp3) is 0.292. The molecule has 33 heavy (non-hydrogen) atoms. The lowest BCUT2D eigenvalue weighted by atomic mass is 9.95. The molecule has 0 unspecified atom stereocenters. The van der Waals surface area contributed by atoms with Crippen molar-refractivity contribution in [2.45, 2.75) is 26.8 Å². The third-order valence-corrected chi connectivity index (χ3v) is 6.94. The van der Waals surface area contributed by atoms with Crippen LogP contribution in [0.15, 0.2) is 56.8 Å². The van der Waals surface area contributed by atoms with Crippen LogP contribution in [-0.4, -0.2) is 30.9 Å². The molecule has 0 aliphatic carbocycles. The van der Waals surface area contributed by atoms with Crippen LogP contribution in [0.1, 0.15) is 37.3 Å². The summed E-state index contributed by atoms with van der Waals surface area (Å²) in [5, 5.41) is 1.96. The molecule has 1 aliphatic heterocycles. The Balaban J connectivity index is 1.97. The lowest BCUT2D eigenvalue weighted by molar-refractivity contribution is -0.139. The van der Waals surface area contributed by atoms with Gasteiger partial charge in [-0.2, -0.15) is 0 Å². The van der Waals surface area contributed by atoms with Crippen molar-refractivity contribution in [1.82, 2.24) is 4.57 Å². The number of esters is 1. The van der Waals surface area contributed by atoms with Crippen LogP contribution in [-0.2, 0) is 9.53 Å². The predicted molar refractivity (Wildman–Crippen MR) is 129 cm³/mol. The van der Waals surface area contributed by atoms with E-state index in [1.54, 1.807) is 49.0 Å². The van der Waals surface area contributed by atoms with E-state index >= 15 is 0 Å². The van der Waals surface area contributed by atoms with Gasteiger partial charge < -0.3 is 14.2 Å². The van der Waals surface area contributed by atoms with Crippen molar-refractivity contribution >= 4 is 34.7 Å². The summed E-state index contributed by atoms with van der Waals surface area (Å²) in [5.74, 6) is 0.616. The number of allylic oxidation sites excluding steroid dienone is 1. The Morgan fingerprint density at radius 2 is 2.03 bits per heavy atom. The molecule has 1 aromatic carbocycles. The summed E-state index contributed by atoms with van der Waals surface area (Å²) in [6.45, 7) is 6.07. The normalized spacial score (nSPS) is 15.8. The Kier molecular flexibility index (Phi) is 6.80. The topological polar surface area (TPSA) is 79.1 Å². The van der Waals surface area contributed by atoms with E-state index in [0.717, 1.165) is 4.88 Å². The van der Waals surface area contributed by atoms with Gasteiger partial charge in [-0.1, -0.05) is 23.5 Å². The smallest absolute Gasteiger partial charge is 0.338 e. The van der Waals surface area contributed by atoms with E-state index in [0.29, 0.717) is 44.3 Å². The molecule has 0 amide bonds. The third-order valence-electron chi connectivity index (χ3n) is 5.14. The average molecular weight is 485 g/mol. The van der Waals surface area contributed by atoms with Gasteiger partial charge in [0.1, 0.15) is 0 Å². The lowest BCUT2D eigenvalue weighted by Gasteiger charge is -2.25. The van der Waals surface area contributed by atoms with Gasteiger partial charge >= 0.3 is 5.97 Å². The van der Waals surface area contributed by atoms with Crippen LogP contribution in [0.25, 0.3) is 6.08 Å². The molecular weight excluding hydrogens is 460 g/mol. The maximum atomic E-state index is 13.5. The van der Waals surface area contributed by atoms with Gasteiger partial charge in [-0.3, -0.25) is 9.36 Å². The van der Waals surface area contributed by atoms with Crippen molar-refractivity contribution in [2.75, 3.05) is 20.3 Å². The second-order valence-corrected chi connectivity index (χ2v) is 9.15. The Bertz CT molecular complexity index is 1380. The first-order valence-corrected chi connectivity index (χ1v) is 12.2. The maximum Gasteiger partial charge on any atom is 0.338 e. The summed E-state index contributed by atoms with van der Waals surface area (Å²) in [6, 6.07) is 8.61. The van der Waals surface area contributed by atoms with Crippen LogP contribution in [0.5, 0.6) is 11.5 Å². The SMILES string of the molecule is CCOC(=O)C1=C(C)N=c2s/c(=C\c3cccs3)c(=O)n2[C@@H]1c1ccc(OC)c(OCC)c1. The van der Waals surface area contributed by atoms with Gasteiger partial charge in [0.15, 0.2) is 16.3 Å². The molecule has 0 saturated carbocycles. The zero-order valence-electron chi connectivity index (χ0n) is 18.8. The second kappa shape index (κ2) is 9.76. The van der Waals surface area contributed by atoms with E-state index in [4.69, 9.17) is 14.2 Å². The van der Waals surface area contributed by atoms with Crippen LogP contribution in [0.4, 0.5) is 0 Å². The number of thiophene rings is 1. The Hall–Kier alpha value is -3.17. The van der Waals surface area contributed by atoms with Gasteiger partial charge in [0.25, 0.3) is 5.56 Å². The van der Waals surface area contributed by atoms with Crippen molar-refractivity contribution in [3.63, 3.8) is 0 Å². The molecule has 0 N–H and O–H groups in total. The minimum atomic E-state index is -0.698. The molecule has 0 fully saturated rings. The molecule has 2 aromatic heterocycles. The lowest BCUT2D eigenvalue weighted by Crippen LogP contribution is -2.39. The van der Waals surface area contributed by atoms with Crippen molar-refractivity contribution in [2.24, 2.45) is 4.99 Å². The van der Waals surface area contributed by atoms with Crippen LogP contribution >= 0.6 is 22.7 Å². The molecule has 0 bridgehead atoms. The molecule has 4 rings (SSSR count). The quantitative estimate of drug-likeness (QED) is 0.481. The molecule has 7 nitrogen and oxygen atoms in total. The average Bonchev–Trinajstić information content (AvgIpc) is 3.41. The molecule has 0 radical (unpaired) electrons. The fourth-order valence-corrected chi connectivity index (χ4v) is 5.51. The van der Waals surface area contributed by atoms with Crippen LogP contribution in [0, 0.1) is 0 Å². The number of carbonyl (C=O) groups excluding carboxylic acids is 1. The first kappa shape index (κ1) is 23.0. The van der Waals surface area contributed by atoms with E-state index in [9.17, 15) is 9.59 Å². The minimum Gasteiger partial charge on any atom is -0.493 e. The van der Waals surface area contributed by atoms with Gasteiger partial charge in [-0.25, -0.2) is 9.79 Å². The number of nitrogens with zero attached hydrogens (tertiary/aromatic N) is 2. The highest BCUT2D eigenvalue weighted by Crippen LogP contribution is 2.36. The summed E-state index contributed by atoms with van der Waals surface area (Å²) >= 11 is 2.86. The zero-order chi connectivity index (χ0) is 23.5. The minimum absolute atomic E-state index is 0.208. The second-order valence-electron chi connectivity index (χ2n) is 7.16. The number of benzene rings is 1. The van der Waals surface area contributed by atoms with Crippen LogP contribution in [0.2, 0.25) is 0 Å². The number of thiazole rings is 1. The predicted octanol–water partition coefficient (Wildman–Crippen LogP) is 3.27. The van der Waals surface area contributed by atoms with Gasteiger partial charge in [-0.15, -0.1) is 11.3 Å². The maximum absolute atomic E-state index is 13.5. The molecular formula is C24H24N2O5S2. The van der Waals surface area contributed by atoms with E-state index < -0.39 is 12.0 Å². The molecule has 3 aromatic rings. The van der Waals surface area contributed by atoms with Gasteiger partial charge in [0.05, 0.1) is 42.2 Å². The van der Waals surface area contributed by atoms with Crippen molar-refractivity contribution in [1.29, 1.82) is 0 Å². The summed E-state index contributed by atoms with van der Waals surface area (Å²) in [7, 11) is 1.57. The van der Waals surface area contributed by atoms with Crippen molar-refractivity contribution in [3.8, 4) is 11.5 Å². The number of rotatable bonds is 7. The van der Waals surface area contributed by atoms with Crippen LogP contribution in [0.3, 0.4) is 0 Å². The third kappa shape index (κ3) is 4.38. The highest BCUT2D eigenvalue weighted by molar-refractivity contribution is 7.11. The standard InChI is InChI=1S/C24H24N2O5S2/c1-5-30-18-12-15(9-10-17(18)29-4)21-20(23(28)31-6-2)14(3)25-24-26(21)22(27)19(33-24)13-16-8-7-11-32-16/h7-13,21H,5-6H2,1-4H3/b19-13-/t21-/m1/s1. The first-order chi connectivity index (χ1) is 16.0. The van der Waals surface area contributed by atoms with Crippen molar-refractivity contribution < 1.29 is 19.0 Å². The Morgan fingerprint density at radius 1 is 1.21 bits per heavy atom. The number of aromatic nitrogens is 1. The Morgan fingerprint density at radius 3 is 2.70 bits per heavy atom. The van der Waals surface area contributed by atoms with E-state index in [1.165, 1.54) is 11.3 Å². The first-order valence-electron chi connectivity index (χ1n) is 10.5. The molecule has 9 heteroatoms. The molecule has 1 aliphatic rings. The van der Waals surface area contributed by atoms with Gasteiger partial charge in [-0.05, 0) is 56.0 Å². The summed E-state index contributed by atoms with van der Waals surface area (Å²) < 4.78 is 18.6. The van der Waals surface area contributed by atoms with E-state index in [2.05, 4.69) is 4.99 Å². The van der Waals surface area contributed by atoms with E-state index in [-0.39, 0.29) is 12.2 Å². The largest absolute Gasteiger partial charge is 0.493 e. The monoisotopic (exact) mass is 484 g/mol. The molecule has 0 spiro atoms. The molecule has 172 valence electrons. The summed E-state index contributed by atoms with van der Waals surface area (Å²) in [5.41, 5.74) is 1.36. The number of hydrogen-bond donors (Lipinski definition) is 0. The highest BCUT2D eigenvalue weighted by atomic mass is 32.1. The van der Waals surface area contributed by atoms with Crippen molar-refractivity contribution in [3.05, 3.63) is 77.1 Å².